The second kappa shape index (κ2) is 5.69. The Morgan fingerprint density at radius 3 is 2.37 bits per heavy atom. The van der Waals surface area contributed by atoms with Gasteiger partial charge in [-0.25, -0.2) is 0 Å². The molecule has 0 aliphatic carbocycles. The average molecular weight is 429 g/mol. The molecule has 27 heavy (non-hydrogen) atoms. The molecule has 0 spiro atoms. The molecule has 0 amide bonds. The summed E-state index contributed by atoms with van der Waals surface area (Å²) in [5.41, 5.74) is 4.28. The Labute approximate surface area is 168 Å². The molecule has 2 heterocycles. The van der Waals surface area contributed by atoms with E-state index >= 15 is 0 Å². The summed E-state index contributed by atoms with van der Waals surface area (Å²) in [6.07, 6.45) is 0. The molecule has 0 aliphatic heterocycles. The van der Waals surface area contributed by atoms with E-state index in [-0.39, 0.29) is 0 Å². The lowest BCUT2D eigenvalue weighted by molar-refractivity contribution is 0.670. The predicted molar refractivity (Wildman–Crippen MR) is 120 cm³/mol. The number of halogens is 1. The van der Waals surface area contributed by atoms with Gasteiger partial charge in [0.1, 0.15) is 11.2 Å². The van der Waals surface area contributed by atoms with E-state index in [2.05, 4.69) is 82.7 Å². The number of hydrogen-bond acceptors (Lipinski definition) is 2. The second-order valence-corrected chi connectivity index (χ2v) is 8.67. The minimum Gasteiger partial charge on any atom is -0.455 e. The van der Waals surface area contributed by atoms with Crippen molar-refractivity contribution < 1.29 is 4.42 Å². The summed E-state index contributed by atoms with van der Waals surface area (Å²) in [5.74, 6) is 0. The number of fused-ring (bicyclic) bond motifs is 6. The van der Waals surface area contributed by atoms with Crippen molar-refractivity contribution in [2.45, 2.75) is 0 Å². The quantitative estimate of drug-likeness (QED) is 0.256. The highest BCUT2D eigenvalue weighted by Gasteiger charge is 2.15. The van der Waals surface area contributed by atoms with Gasteiger partial charge in [-0.3, -0.25) is 0 Å². The van der Waals surface area contributed by atoms with Crippen molar-refractivity contribution in [2.24, 2.45) is 0 Å². The Balaban J connectivity index is 1.74. The molecule has 2 aromatic heterocycles. The van der Waals surface area contributed by atoms with Crippen LogP contribution in [0.15, 0.2) is 87.8 Å². The van der Waals surface area contributed by atoms with Crippen LogP contribution in [-0.4, -0.2) is 0 Å². The molecule has 4 aromatic carbocycles. The topological polar surface area (TPSA) is 13.1 Å². The van der Waals surface area contributed by atoms with Gasteiger partial charge in [-0.2, -0.15) is 0 Å². The SMILES string of the molecule is Brc1ccc2sc3c(-c4cccc5c4oc4ccccc45)cccc3c2c1. The highest BCUT2D eigenvalue weighted by molar-refractivity contribution is 9.10. The molecule has 0 aliphatic rings. The largest absolute Gasteiger partial charge is 0.455 e. The van der Waals surface area contributed by atoms with Crippen LogP contribution >= 0.6 is 27.3 Å². The minimum absolute atomic E-state index is 0.937. The van der Waals surface area contributed by atoms with E-state index < -0.39 is 0 Å². The summed E-state index contributed by atoms with van der Waals surface area (Å²) in [6.45, 7) is 0. The smallest absolute Gasteiger partial charge is 0.143 e. The van der Waals surface area contributed by atoms with E-state index in [0.717, 1.165) is 21.2 Å². The van der Waals surface area contributed by atoms with Crippen LogP contribution in [0.2, 0.25) is 0 Å². The van der Waals surface area contributed by atoms with Crippen LogP contribution < -0.4 is 0 Å². The summed E-state index contributed by atoms with van der Waals surface area (Å²) in [7, 11) is 0. The van der Waals surface area contributed by atoms with Crippen LogP contribution in [0.4, 0.5) is 0 Å². The van der Waals surface area contributed by atoms with Crippen molar-refractivity contribution in [3.63, 3.8) is 0 Å². The van der Waals surface area contributed by atoms with Gasteiger partial charge in [0, 0.05) is 46.5 Å². The average Bonchev–Trinajstić information content (AvgIpc) is 3.26. The molecule has 6 rings (SSSR count). The summed E-state index contributed by atoms with van der Waals surface area (Å²) in [6, 6.07) is 27.8. The molecule has 0 unspecified atom stereocenters. The molecule has 0 radical (unpaired) electrons. The Morgan fingerprint density at radius 1 is 0.667 bits per heavy atom. The van der Waals surface area contributed by atoms with Crippen LogP contribution in [-0.2, 0) is 0 Å². The van der Waals surface area contributed by atoms with Crippen LogP contribution in [0.25, 0.3) is 53.2 Å². The van der Waals surface area contributed by atoms with Crippen LogP contribution in [0.3, 0.4) is 0 Å². The summed E-state index contributed by atoms with van der Waals surface area (Å²) in [4.78, 5) is 0. The highest BCUT2D eigenvalue weighted by atomic mass is 79.9. The Kier molecular flexibility index (Phi) is 3.25. The van der Waals surface area contributed by atoms with Gasteiger partial charge in [-0.15, -0.1) is 11.3 Å². The highest BCUT2D eigenvalue weighted by Crippen LogP contribution is 2.43. The fraction of sp³-hybridized carbons (Fsp3) is 0. The molecular weight excluding hydrogens is 416 g/mol. The number of para-hydroxylation sites is 2. The molecule has 1 nitrogen and oxygen atoms in total. The van der Waals surface area contributed by atoms with Crippen LogP contribution in [0.5, 0.6) is 0 Å². The van der Waals surface area contributed by atoms with E-state index in [4.69, 9.17) is 4.42 Å². The molecule has 0 N–H and O–H groups in total. The second-order valence-electron chi connectivity index (χ2n) is 6.71. The first kappa shape index (κ1) is 15.4. The van der Waals surface area contributed by atoms with Crippen LogP contribution in [0.1, 0.15) is 0 Å². The number of benzene rings is 4. The van der Waals surface area contributed by atoms with E-state index in [1.165, 1.54) is 36.5 Å². The van der Waals surface area contributed by atoms with E-state index in [0.29, 0.717) is 0 Å². The van der Waals surface area contributed by atoms with Crippen LogP contribution in [0, 0.1) is 0 Å². The molecule has 0 fully saturated rings. The minimum atomic E-state index is 0.937. The zero-order valence-electron chi connectivity index (χ0n) is 14.2. The van der Waals surface area contributed by atoms with Crippen molar-refractivity contribution in [3.05, 3.63) is 83.3 Å². The van der Waals surface area contributed by atoms with Crippen molar-refractivity contribution in [3.8, 4) is 11.1 Å². The molecule has 128 valence electrons. The monoisotopic (exact) mass is 428 g/mol. The van der Waals surface area contributed by atoms with Crippen molar-refractivity contribution in [1.29, 1.82) is 0 Å². The maximum Gasteiger partial charge on any atom is 0.143 e. The van der Waals surface area contributed by atoms with Gasteiger partial charge in [0.15, 0.2) is 0 Å². The van der Waals surface area contributed by atoms with Gasteiger partial charge in [0.2, 0.25) is 0 Å². The van der Waals surface area contributed by atoms with Crippen molar-refractivity contribution >= 4 is 69.4 Å². The number of rotatable bonds is 1. The zero-order valence-corrected chi connectivity index (χ0v) is 16.6. The first-order chi connectivity index (χ1) is 13.3. The lowest BCUT2D eigenvalue weighted by atomic mass is 10.0. The van der Waals surface area contributed by atoms with Gasteiger partial charge >= 0.3 is 0 Å². The van der Waals surface area contributed by atoms with Gasteiger partial charge in [0.25, 0.3) is 0 Å². The number of hydrogen-bond donors (Lipinski definition) is 0. The molecule has 3 heteroatoms. The summed E-state index contributed by atoms with van der Waals surface area (Å²) >= 11 is 5.45. The first-order valence-corrected chi connectivity index (χ1v) is 10.4. The maximum absolute atomic E-state index is 6.28. The van der Waals surface area contributed by atoms with E-state index in [9.17, 15) is 0 Å². The maximum atomic E-state index is 6.28. The Bertz CT molecular complexity index is 1490. The third-order valence-electron chi connectivity index (χ3n) is 5.15. The number of furan rings is 1. The van der Waals surface area contributed by atoms with Gasteiger partial charge in [-0.1, -0.05) is 70.5 Å². The summed E-state index contributed by atoms with van der Waals surface area (Å²) < 4.78 is 10.00. The standard InChI is InChI=1S/C24H13BrOS/c25-14-11-12-22-20(13-14)19-9-4-8-18(24(19)27-22)17-7-3-6-16-15-5-1-2-10-21(15)26-23(16)17/h1-13H. The lowest BCUT2D eigenvalue weighted by Gasteiger charge is -2.04. The zero-order chi connectivity index (χ0) is 18.0. The van der Waals surface area contributed by atoms with E-state index in [1.807, 2.05) is 23.5 Å². The molecular formula is C24H13BrOS. The van der Waals surface area contributed by atoms with Crippen molar-refractivity contribution in [1.82, 2.24) is 0 Å². The summed E-state index contributed by atoms with van der Waals surface area (Å²) in [5, 5.41) is 4.93. The van der Waals surface area contributed by atoms with Gasteiger partial charge in [0.05, 0.1) is 0 Å². The van der Waals surface area contributed by atoms with Gasteiger partial charge < -0.3 is 4.42 Å². The first-order valence-electron chi connectivity index (χ1n) is 8.81. The normalized spacial score (nSPS) is 11.9. The molecule has 0 bridgehead atoms. The Hall–Kier alpha value is -2.62. The lowest BCUT2D eigenvalue weighted by Crippen LogP contribution is -1.79. The third kappa shape index (κ3) is 2.22. The van der Waals surface area contributed by atoms with Crippen molar-refractivity contribution in [2.75, 3.05) is 0 Å². The molecule has 6 aromatic rings. The molecule has 0 saturated carbocycles. The van der Waals surface area contributed by atoms with E-state index in [1.54, 1.807) is 0 Å². The Morgan fingerprint density at radius 2 is 1.44 bits per heavy atom. The number of thiophene rings is 1. The fourth-order valence-electron chi connectivity index (χ4n) is 3.94. The van der Waals surface area contributed by atoms with Gasteiger partial charge in [-0.05, 0) is 24.3 Å². The molecule has 0 atom stereocenters. The third-order valence-corrected chi connectivity index (χ3v) is 6.87. The predicted octanol–water partition coefficient (Wildman–Crippen LogP) is 8.38. The molecule has 0 saturated heterocycles. The fourth-order valence-corrected chi connectivity index (χ4v) is 5.51.